The fourth-order valence-electron chi connectivity index (χ4n) is 4.05. The molecule has 2 aromatic heterocycles. The predicted molar refractivity (Wildman–Crippen MR) is 123 cm³/mol. The Labute approximate surface area is 187 Å². The van der Waals surface area contributed by atoms with Crippen molar-refractivity contribution in [3.05, 3.63) is 58.1 Å². The Morgan fingerprint density at radius 1 is 1.10 bits per heavy atom. The molecule has 7 nitrogen and oxygen atoms in total. The lowest BCUT2D eigenvalue weighted by Crippen LogP contribution is -2.19. The SMILES string of the molecule is Cc1cc(Cl)ccc1NC(=O)CCc1c(C)nn(-c2cc(N3CCCC3)ncn2)c1C. The lowest BCUT2D eigenvalue weighted by Gasteiger charge is -2.16. The maximum atomic E-state index is 12.5. The molecule has 31 heavy (non-hydrogen) atoms. The molecule has 0 spiro atoms. The van der Waals surface area contributed by atoms with Crippen molar-refractivity contribution < 1.29 is 4.79 Å². The number of nitrogens with zero attached hydrogens (tertiary/aromatic N) is 5. The molecule has 1 fully saturated rings. The zero-order valence-electron chi connectivity index (χ0n) is 18.2. The van der Waals surface area contributed by atoms with E-state index in [-0.39, 0.29) is 5.91 Å². The number of nitrogens with one attached hydrogen (secondary N) is 1. The van der Waals surface area contributed by atoms with Crippen LogP contribution in [-0.4, -0.2) is 38.7 Å². The number of carbonyl (C=O) groups excluding carboxylic acids is 1. The second-order valence-electron chi connectivity index (χ2n) is 8.00. The Morgan fingerprint density at radius 3 is 2.58 bits per heavy atom. The summed E-state index contributed by atoms with van der Waals surface area (Å²) < 4.78 is 1.85. The first kappa shape index (κ1) is 21.3. The van der Waals surface area contributed by atoms with Gasteiger partial charge in [0, 0.05) is 42.0 Å². The van der Waals surface area contributed by atoms with Gasteiger partial charge in [-0.2, -0.15) is 5.10 Å². The maximum Gasteiger partial charge on any atom is 0.224 e. The van der Waals surface area contributed by atoms with Crippen molar-refractivity contribution in [3.8, 4) is 5.82 Å². The molecule has 4 rings (SSSR count). The van der Waals surface area contributed by atoms with Crippen molar-refractivity contribution in [1.29, 1.82) is 0 Å². The van der Waals surface area contributed by atoms with Crippen LogP contribution >= 0.6 is 11.6 Å². The number of hydrogen-bond donors (Lipinski definition) is 1. The highest BCUT2D eigenvalue weighted by atomic mass is 35.5. The fourth-order valence-corrected chi connectivity index (χ4v) is 4.28. The van der Waals surface area contributed by atoms with Crippen LogP contribution in [0.3, 0.4) is 0 Å². The third-order valence-electron chi connectivity index (χ3n) is 5.79. The van der Waals surface area contributed by atoms with E-state index in [0.29, 0.717) is 17.9 Å². The average Bonchev–Trinajstić information content (AvgIpc) is 3.38. The number of aromatic nitrogens is 4. The van der Waals surface area contributed by atoms with Crippen LogP contribution in [-0.2, 0) is 11.2 Å². The van der Waals surface area contributed by atoms with Gasteiger partial charge in [0.05, 0.1) is 5.69 Å². The molecule has 162 valence electrons. The second-order valence-corrected chi connectivity index (χ2v) is 8.43. The summed E-state index contributed by atoms with van der Waals surface area (Å²) in [6.45, 7) is 7.98. The van der Waals surface area contributed by atoms with E-state index in [4.69, 9.17) is 16.7 Å². The van der Waals surface area contributed by atoms with Gasteiger partial charge in [-0.25, -0.2) is 14.6 Å². The normalized spacial score (nSPS) is 13.6. The summed E-state index contributed by atoms with van der Waals surface area (Å²) in [5.74, 6) is 1.66. The Kier molecular flexibility index (Phi) is 6.23. The molecular weight excluding hydrogens is 412 g/mol. The van der Waals surface area contributed by atoms with Crippen LogP contribution < -0.4 is 10.2 Å². The van der Waals surface area contributed by atoms with Crippen LogP contribution in [0.5, 0.6) is 0 Å². The zero-order chi connectivity index (χ0) is 22.0. The molecule has 0 atom stereocenters. The van der Waals surface area contributed by atoms with E-state index in [2.05, 4.69) is 20.2 Å². The molecular formula is C23H27ClN6O. The average molecular weight is 439 g/mol. The first-order chi connectivity index (χ1) is 14.9. The van der Waals surface area contributed by atoms with Gasteiger partial charge < -0.3 is 10.2 Å². The number of hydrogen-bond acceptors (Lipinski definition) is 5. The van der Waals surface area contributed by atoms with E-state index in [1.807, 2.05) is 43.7 Å². The summed E-state index contributed by atoms with van der Waals surface area (Å²) in [6, 6.07) is 7.44. The topological polar surface area (TPSA) is 75.9 Å². The van der Waals surface area contributed by atoms with E-state index in [1.54, 1.807) is 12.4 Å². The van der Waals surface area contributed by atoms with Crippen molar-refractivity contribution >= 4 is 29.0 Å². The lowest BCUT2D eigenvalue weighted by atomic mass is 10.1. The molecule has 0 aliphatic carbocycles. The molecule has 1 saturated heterocycles. The van der Waals surface area contributed by atoms with Gasteiger partial charge in [-0.05, 0) is 69.4 Å². The smallest absolute Gasteiger partial charge is 0.224 e. The van der Waals surface area contributed by atoms with E-state index < -0.39 is 0 Å². The monoisotopic (exact) mass is 438 g/mol. The predicted octanol–water partition coefficient (Wildman–Crippen LogP) is 4.41. The summed E-state index contributed by atoms with van der Waals surface area (Å²) in [7, 11) is 0. The standard InChI is InChI=1S/C23H27ClN6O/c1-15-12-18(24)6-8-20(15)27-23(31)9-7-19-16(2)28-30(17(19)3)22-13-21(25-14-26-22)29-10-4-5-11-29/h6,8,12-14H,4-5,7,9-11H2,1-3H3,(H,27,31). The number of rotatable bonds is 6. The van der Waals surface area contributed by atoms with Gasteiger partial charge >= 0.3 is 0 Å². The van der Waals surface area contributed by atoms with Gasteiger partial charge in [0.15, 0.2) is 5.82 Å². The molecule has 1 aromatic carbocycles. The van der Waals surface area contributed by atoms with Crippen molar-refractivity contribution in [3.63, 3.8) is 0 Å². The molecule has 0 unspecified atom stereocenters. The number of anilines is 2. The number of amides is 1. The molecule has 1 N–H and O–H groups in total. The summed E-state index contributed by atoms with van der Waals surface area (Å²) in [6.07, 6.45) is 4.97. The van der Waals surface area contributed by atoms with Crippen molar-refractivity contribution in [2.75, 3.05) is 23.3 Å². The van der Waals surface area contributed by atoms with E-state index in [0.717, 1.165) is 52.9 Å². The zero-order valence-corrected chi connectivity index (χ0v) is 18.9. The van der Waals surface area contributed by atoms with E-state index in [9.17, 15) is 4.79 Å². The molecule has 0 radical (unpaired) electrons. The first-order valence-corrected chi connectivity index (χ1v) is 11.0. The van der Waals surface area contributed by atoms with Crippen LogP contribution in [0.15, 0.2) is 30.6 Å². The quantitative estimate of drug-likeness (QED) is 0.616. The van der Waals surface area contributed by atoms with Gasteiger partial charge in [-0.15, -0.1) is 0 Å². The third kappa shape index (κ3) is 4.71. The van der Waals surface area contributed by atoms with Crippen LogP contribution in [0.2, 0.25) is 5.02 Å². The van der Waals surface area contributed by atoms with Gasteiger partial charge in [-0.1, -0.05) is 11.6 Å². The molecule has 3 aromatic rings. The summed E-state index contributed by atoms with van der Waals surface area (Å²) in [5.41, 5.74) is 4.71. The largest absolute Gasteiger partial charge is 0.356 e. The Hall–Kier alpha value is -2.93. The summed E-state index contributed by atoms with van der Waals surface area (Å²) in [4.78, 5) is 23.7. The van der Waals surface area contributed by atoms with Crippen molar-refractivity contribution in [2.24, 2.45) is 0 Å². The van der Waals surface area contributed by atoms with E-state index in [1.165, 1.54) is 12.8 Å². The Morgan fingerprint density at radius 2 is 1.84 bits per heavy atom. The molecule has 8 heteroatoms. The minimum absolute atomic E-state index is 0.0321. The number of aryl methyl sites for hydroxylation is 2. The third-order valence-corrected chi connectivity index (χ3v) is 6.03. The van der Waals surface area contributed by atoms with E-state index >= 15 is 0 Å². The van der Waals surface area contributed by atoms with Gasteiger partial charge in [0.2, 0.25) is 5.91 Å². The lowest BCUT2D eigenvalue weighted by molar-refractivity contribution is -0.116. The summed E-state index contributed by atoms with van der Waals surface area (Å²) in [5, 5.41) is 8.33. The number of benzene rings is 1. The van der Waals surface area contributed by atoms with Gasteiger partial charge in [0.25, 0.3) is 0 Å². The summed E-state index contributed by atoms with van der Waals surface area (Å²) >= 11 is 6.00. The highest BCUT2D eigenvalue weighted by Crippen LogP contribution is 2.23. The molecule has 1 amide bonds. The van der Waals surface area contributed by atoms with Crippen LogP contribution in [0, 0.1) is 20.8 Å². The van der Waals surface area contributed by atoms with Gasteiger partial charge in [-0.3, -0.25) is 4.79 Å². The highest BCUT2D eigenvalue weighted by molar-refractivity contribution is 6.30. The Bertz CT molecular complexity index is 1100. The number of halogens is 1. The Balaban J connectivity index is 1.47. The fraction of sp³-hybridized carbons (Fsp3) is 0.391. The number of carbonyl (C=O) groups is 1. The highest BCUT2D eigenvalue weighted by Gasteiger charge is 2.18. The molecule has 1 aliphatic rings. The van der Waals surface area contributed by atoms with Crippen molar-refractivity contribution in [2.45, 2.75) is 46.5 Å². The molecule has 1 aliphatic heterocycles. The maximum absolute atomic E-state index is 12.5. The minimum Gasteiger partial charge on any atom is -0.356 e. The van der Waals surface area contributed by atoms with Crippen LogP contribution in [0.1, 0.15) is 41.8 Å². The van der Waals surface area contributed by atoms with Crippen molar-refractivity contribution in [1.82, 2.24) is 19.7 Å². The first-order valence-electron chi connectivity index (χ1n) is 10.6. The molecule has 0 saturated carbocycles. The van der Waals surface area contributed by atoms with Crippen LogP contribution in [0.25, 0.3) is 5.82 Å². The molecule has 0 bridgehead atoms. The second kappa shape index (κ2) is 9.06. The van der Waals surface area contributed by atoms with Crippen LogP contribution in [0.4, 0.5) is 11.5 Å². The minimum atomic E-state index is -0.0321. The van der Waals surface area contributed by atoms with Gasteiger partial charge in [0.1, 0.15) is 12.1 Å². The molecule has 3 heterocycles.